The molecule has 1 unspecified atom stereocenters. The smallest absolute Gasteiger partial charge is 0.0502 e. The first-order valence-corrected chi connectivity index (χ1v) is 8.14. The number of benzene rings is 1. The van der Waals surface area contributed by atoms with E-state index in [1.54, 1.807) is 7.11 Å². The van der Waals surface area contributed by atoms with E-state index in [0.29, 0.717) is 5.92 Å². The van der Waals surface area contributed by atoms with Crippen LogP contribution in [0.15, 0.2) is 24.3 Å². The lowest BCUT2D eigenvalue weighted by Crippen LogP contribution is -2.22. The van der Waals surface area contributed by atoms with Crippen molar-refractivity contribution in [3.63, 3.8) is 0 Å². The van der Waals surface area contributed by atoms with Gasteiger partial charge in [0.2, 0.25) is 0 Å². The van der Waals surface area contributed by atoms with Gasteiger partial charge >= 0.3 is 0 Å². The van der Waals surface area contributed by atoms with E-state index in [1.807, 2.05) is 0 Å². The molecule has 0 bridgehead atoms. The number of rotatable bonds is 5. The second kappa shape index (κ2) is 8.43. The minimum absolute atomic E-state index is 0.213. The topological polar surface area (TPSA) is 35.2 Å². The maximum absolute atomic E-state index is 6.52. The minimum atomic E-state index is 0.213. The van der Waals surface area contributed by atoms with E-state index in [2.05, 4.69) is 24.3 Å². The summed E-state index contributed by atoms with van der Waals surface area (Å²) in [6.45, 7) is 0.786. The molecule has 112 valence electrons. The lowest BCUT2D eigenvalue weighted by Gasteiger charge is -2.26. The Balaban J connectivity index is 1.94. The highest BCUT2D eigenvalue weighted by atomic mass is 16.5. The van der Waals surface area contributed by atoms with Crippen molar-refractivity contribution in [1.29, 1.82) is 0 Å². The van der Waals surface area contributed by atoms with Crippen LogP contribution in [0, 0.1) is 5.92 Å². The van der Waals surface area contributed by atoms with Gasteiger partial charge in [-0.1, -0.05) is 56.4 Å². The maximum Gasteiger partial charge on any atom is 0.0502 e. The Labute approximate surface area is 123 Å². The monoisotopic (exact) mass is 275 g/mol. The zero-order valence-electron chi connectivity index (χ0n) is 12.8. The molecule has 1 aromatic rings. The average molecular weight is 275 g/mol. The van der Waals surface area contributed by atoms with Crippen LogP contribution in [0.1, 0.15) is 62.1 Å². The van der Waals surface area contributed by atoms with E-state index >= 15 is 0 Å². The fourth-order valence-corrected chi connectivity index (χ4v) is 3.25. The highest BCUT2D eigenvalue weighted by molar-refractivity contribution is 5.25. The molecule has 0 heterocycles. The van der Waals surface area contributed by atoms with Crippen molar-refractivity contribution in [2.24, 2.45) is 11.7 Å². The molecule has 0 aromatic heterocycles. The third-order valence-electron chi connectivity index (χ3n) is 4.62. The molecule has 2 heteroatoms. The van der Waals surface area contributed by atoms with Gasteiger partial charge in [0, 0.05) is 13.2 Å². The van der Waals surface area contributed by atoms with Crippen LogP contribution in [0.5, 0.6) is 0 Å². The van der Waals surface area contributed by atoms with Crippen molar-refractivity contribution < 1.29 is 4.74 Å². The van der Waals surface area contributed by atoms with Crippen molar-refractivity contribution in [3.8, 4) is 0 Å². The number of nitrogens with two attached hydrogens (primary N) is 1. The molecule has 0 saturated heterocycles. The standard InChI is InChI=1S/C18H29NO/c1-20-14-13-15-9-11-17(12-10-15)18(19)16-7-5-3-2-4-6-8-16/h9-12,16,18H,2-8,13-14,19H2,1H3. The van der Waals surface area contributed by atoms with Crippen molar-refractivity contribution in [2.45, 2.75) is 57.4 Å². The zero-order valence-corrected chi connectivity index (χ0v) is 12.8. The van der Waals surface area contributed by atoms with Crippen molar-refractivity contribution in [3.05, 3.63) is 35.4 Å². The van der Waals surface area contributed by atoms with Gasteiger partial charge in [0.05, 0.1) is 6.61 Å². The Hall–Kier alpha value is -0.860. The van der Waals surface area contributed by atoms with Crippen LogP contribution in [-0.4, -0.2) is 13.7 Å². The summed E-state index contributed by atoms with van der Waals surface area (Å²) in [6, 6.07) is 9.06. The third-order valence-corrected chi connectivity index (χ3v) is 4.62. The summed E-state index contributed by atoms with van der Waals surface area (Å²) in [6.07, 6.45) is 10.5. The minimum Gasteiger partial charge on any atom is -0.384 e. The van der Waals surface area contributed by atoms with Crippen LogP contribution in [0.25, 0.3) is 0 Å². The first kappa shape index (κ1) is 15.5. The molecule has 1 atom stereocenters. The summed E-state index contributed by atoms with van der Waals surface area (Å²) < 4.78 is 5.12. The molecule has 0 spiro atoms. The van der Waals surface area contributed by atoms with E-state index in [1.165, 1.54) is 56.1 Å². The Morgan fingerprint density at radius 2 is 1.65 bits per heavy atom. The van der Waals surface area contributed by atoms with Gasteiger partial charge < -0.3 is 10.5 Å². The molecule has 1 fully saturated rings. The second-order valence-corrected chi connectivity index (χ2v) is 6.12. The summed E-state index contributed by atoms with van der Waals surface area (Å²) in [4.78, 5) is 0. The van der Waals surface area contributed by atoms with Gasteiger partial charge in [0.15, 0.2) is 0 Å². The highest BCUT2D eigenvalue weighted by Gasteiger charge is 2.20. The number of hydrogen-bond acceptors (Lipinski definition) is 2. The quantitative estimate of drug-likeness (QED) is 0.872. The molecule has 1 aliphatic rings. The average Bonchev–Trinajstić information content (AvgIpc) is 2.45. The number of hydrogen-bond donors (Lipinski definition) is 1. The van der Waals surface area contributed by atoms with Crippen LogP contribution in [0.4, 0.5) is 0 Å². The van der Waals surface area contributed by atoms with E-state index in [9.17, 15) is 0 Å². The van der Waals surface area contributed by atoms with Gasteiger partial charge in [0.25, 0.3) is 0 Å². The van der Waals surface area contributed by atoms with E-state index < -0.39 is 0 Å². The van der Waals surface area contributed by atoms with Gasteiger partial charge in [-0.05, 0) is 36.3 Å². The first-order chi connectivity index (χ1) is 9.81. The van der Waals surface area contributed by atoms with Crippen LogP contribution < -0.4 is 5.73 Å². The van der Waals surface area contributed by atoms with Gasteiger partial charge in [-0.15, -0.1) is 0 Å². The molecule has 1 saturated carbocycles. The van der Waals surface area contributed by atoms with Crippen LogP contribution in [0.2, 0.25) is 0 Å². The molecule has 2 N–H and O–H groups in total. The Bertz CT molecular complexity index is 366. The first-order valence-electron chi connectivity index (χ1n) is 8.14. The molecular formula is C18H29NO. The van der Waals surface area contributed by atoms with Crippen molar-refractivity contribution in [1.82, 2.24) is 0 Å². The van der Waals surface area contributed by atoms with Crippen molar-refractivity contribution in [2.75, 3.05) is 13.7 Å². The van der Waals surface area contributed by atoms with E-state index in [0.717, 1.165) is 13.0 Å². The Morgan fingerprint density at radius 3 is 2.25 bits per heavy atom. The molecule has 2 rings (SSSR count). The summed E-state index contributed by atoms with van der Waals surface area (Å²) in [5.41, 5.74) is 9.15. The van der Waals surface area contributed by atoms with E-state index in [4.69, 9.17) is 10.5 Å². The normalized spacial score (nSPS) is 19.3. The number of methoxy groups -OCH3 is 1. The summed E-state index contributed by atoms with van der Waals surface area (Å²) in [7, 11) is 1.75. The van der Waals surface area contributed by atoms with Gasteiger partial charge in [-0.3, -0.25) is 0 Å². The molecule has 0 amide bonds. The van der Waals surface area contributed by atoms with Gasteiger partial charge in [-0.25, -0.2) is 0 Å². The van der Waals surface area contributed by atoms with Crippen molar-refractivity contribution >= 4 is 0 Å². The van der Waals surface area contributed by atoms with E-state index in [-0.39, 0.29) is 6.04 Å². The van der Waals surface area contributed by atoms with Gasteiger partial charge in [0.1, 0.15) is 0 Å². The lowest BCUT2D eigenvalue weighted by atomic mass is 9.83. The molecule has 0 radical (unpaired) electrons. The molecule has 1 aliphatic carbocycles. The van der Waals surface area contributed by atoms with Gasteiger partial charge in [-0.2, -0.15) is 0 Å². The number of ether oxygens (including phenoxy) is 1. The second-order valence-electron chi connectivity index (χ2n) is 6.12. The molecular weight excluding hydrogens is 246 g/mol. The van der Waals surface area contributed by atoms with Crippen LogP contribution in [-0.2, 0) is 11.2 Å². The fraction of sp³-hybridized carbons (Fsp3) is 0.667. The summed E-state index contributed by atoms with van der Waals surface area (Å²) >= 11 is 0. The Kier molecular flexibility index (Phi) is 6.55. The zero-order chi connectivity index (χ0) is 14.2. The SMILES string of the molecule is COCCc1ccc(C(N)C2CCCCCCC2)cc1. The molecule has 20 heavy (non-hydrogen) atoms. The summed E-state index contributed by atoms with van der Waals surface area (Å²) in [5.74, 6) is 0.667. The van der Waals surface area contributed by atoms with Crippen LogP contribution >= 0.6 is 0 Å². The molecule has 0 aliphatic heterocycles. The molecule has 1 aromatic carbocycles. The third kappa shape index (κ3) is 4.60. The Morgan fingerprint density at radius 1 is 1.05 bits per heavy atom. The largest absolute Gasteiger partial charge is 0.384 e. The predicted molar refractivity (Wildman–Crippen MR) is 84.8 cm³/mol. The fourth-order valence-electron chi connectivity index (χ4n) is 3.25. The highest BCUT2D eigenvalue weighted by Crippen LogP contribution is 2.31. The maximum atomic E-state index is 6.52. The predicted octanol–water partition coefficient (Wildman–Crippen LogP) is 4.24. The van der Waals surface area contributed by atoms with Crippen LogP contribution in [0.3, 0.4) is 0 Å². The molecule has 2 nitrogen and oxygen atoms in total. The lowest BCUT2D eigenvalue weighted by molar-refractivity contribution is 0.202. The summed E-state index contributed by atoms with van der Waals surface area (Å²) in [5, 5.41) is 0.